The molecule has 13 heavy (non-hydrogen) atoms. The highest BCUT2D eigenvalue weighted by Gasteiger charge is 2.45. The van der Waals surface area contributed by atoms with Gasteiger partial charge in [0.2, 0.25) is 0 Å². The minimum atomic E-state index is -0.679. The molecule has 1 aliphatic carbocycles. The van der Waals surface area contributed by atoms with Crippen LogP contribution in [0.5, 0.6) is 0 Å². The van der Waals surface area contributed by atoms with Crippen molar-refractivity contribution in [2.45, 2.75) is 25.4 Å². The molecule has 2 nitrogen and oxygen atoms in total. The summed E-state index contributed by atoms with van der Waals surface area (Å²) in [6.07, 6.45) is 1.99. The van der Waals surface area contributed by atoms with Crippen LogP contribution in [0.2, 0.25) is 0 Å². The summed E-state index contributed by atoms with van der Waals surface area (Å²) in [4.78, 5) is 5.77. The van der Waals surface area contributed by atoms with Gasteiger partial charge in [0, 0.05) is 25.0 Å². The van der Waals surface area contributed by atoms with Crippen molar-refractivity contribution in [1.29, 1.82) is 0 Å². The van der Waals surface area contributed by atoms with E-state index in [1.165, 1.54) is 0 Å². The number of likely N-dealkylation sites (tertiary alicyclic amines) is 1. The van der Waals surface area contributed by atoms with E-state index in [0.717, 1.165) is 25.9 Å². The molecule has 0 amide bonds. The number of rotatable bonds is 4. The van der Waals surface area contributed by atoms with Crippen molar-refractivity contribution in [3.8, 4) is 0 Å². The summed E-state index contributed by atoms with van der Waals surface area (Å²) in [5.41, 5.74) is 0.0127. The van der Waals surface area contributed by atoms with Crippen LogP contribution < -0.4 is 0 Å². The SMILES string of the molecule is FOCC1(CN2CCC(F)C2)CC1. The first-order valence-electron chi connectivity index (χ1n) is 4.84. The van der Waals surface area contributed by atoms with Gasteiger partial charge in [0.05, 0.1) is 6.61 Å². The molecule has 4 heteroatoms. The first-order valence-corrected chi connectivity index (χ1v) is 4.84. The van der Waals surface area contributed by atoms with Crippen LogP contribution in [0.4, 0.5) is 8.92 Å². The highest BCUT2D eigenvalue weighted by molar-refractivity contribution is 4.96. The minimum Gasteiger partial charge on any atom is -0.300 e. The molecule has 0 N–H and O–H groups in total. The van der Waals surface area contributed by atoms with Gasteiger partial charge in [0.15, 0.2) is 0 Å². The summed E-state index contributed by atoms with van der Waals surface area (Å²) >= 11 is 0. The van der Waals surface area contributed by atoms with Crippen LogP contribution >= 0.6 is 0 Å². The van der Waals surface area contributed by atoms with E-state index in [2.05, 4.69) is 9.84 Å². The number of hydrogen-bond donors (Lipinski definition) is 0. The highest BCUT2D eigenvalue weighted by atomic mass is 19.3. The lowest BCUT2D eigenvalue weighted by atomic mass is 10.1. The predicted octanol–water partition coefficient (Wildman–Crippen LogP) is 1.71. The van der Waals surface area contributed by atoms with Crippen molar-refractivity contribution < 1.29 is 13.9 Å². The van der Waals surface area contributed by atoms with E-state index in [0.29, 0.717) is 13.0 Å². The second kappa shape index (κ2) is 3.50. The molecular formula is C9H15F2NO. The third-order valence-corrected chi connectivity index (χ3v) is 3.09. The Morgan fingerprint density at radius 1 is 1.46 bits per heavy atom. The molecule has 1 unspecified atom stereocenters. The third kappa shape index (κ3) is 2.17. The Labute approximate surface area is 76.8 Å². The van der Waals surface area contributed by atoms with E-state index >= 15 is 0 Å². The van der Waals surface area contributed by atoms with Gasteiger partial charge in [-0.25, -0.2) is 4.39 Å². The van der Waals surface area contributed by atoms with Gasteiger partial charge >= 0.3 is 0 Å². The molecular weight excluding hydrogens is 176 g/mol. The van der Waals surface area contributed by atoms with Crippen molar-refractivity contribution in [2.24, 2.45) is 5.41 Å². The Bertz CT molecular complexity index is 184. The van der Waals surface area contributed by atoms with Crippen molar-refractivity contribution in [3.63, 3.8) is 0 Å². The summed E-state index contributed by atoms with van der Waals surface area (Å²) in [6, 6.07) is 0. The largest absolute Gasteiger partial charge is 0.300 e. The first kappa shape index (κ1) is 9.34. The molecule has 1 aliphatic heterocycles. The molecule has 2 rings (SSSR count). The maximum atomic E-state index is 12.8. The van der Waals surface area contributed by atoms with Crippen molar-refractivity contribution in [2.75, 3.05) is 26.2 Å². The van der Waals surface area contributed by atoms with E-state index in [9.17, 15) is 8.92 Å². The Hall–Kier alpha value is -0.220. The van der Waals surface area contributed by atoms with Crippen LogP contribution in [0.1, 0.15) is 19.3 Å². The molecule has 1 saturated heterocycles. The smallest absolute Gasteiger partial charge is 0.114 e. The monoisotopic (exact) mass is 191 g/mol. The normalized spacial score (nSPS) is 32.3. The fourth-order valence-electron chi connectivity index (χ4n) is 2.04. The number of halogens is 2. The Kier molecular flexibility index (Phi) is 2.51. The summed E-state index contributed by atoms with van der Waals surface area (Å²) < 4.78 is 24.5. The van der Waals surface area contributed by atoms with Gasteiger partial charge in [0.1, 0.15) is 6.17 Å². The van der Waals surface area contributed by atoms with Crippen LogP contribution in [0.25, 0.3) is 0 Å². The fraction of sp³-hybridized carbons (Fsp3) is 1.00. The van der Waals surface area contributed by atoms with Gasteiger partial charge in [0.25, 0.3) is 0 Å². The zero-order chi connectivity index (χ0) is 9.31. The lowest BCUT2D eigenvalue weighted by Crippen LogP contribution is -2.30. The maximum Gasteiger partial charge on any atom is 0.114 e. The van der Waals surface area contributed by atoms with E-state index in [-0.39, 0.29) is 12.0 Å². The van der Waals surface area contributed by atoms with Gasteiger partial charge in [-0.2, -0.15) is 4.94 Å². The van der Waals surface area contributed by atoms with Crippen LogP contribution in [-0.4, -0.2) is 37.3 Å². The van der Waals surface area contributed by atoms with Gasteiger partial charge in [-0.1, -0.05) is 0 Å². The summed E-state index contributed by atoms with van der Waals surface area (Å²) in [7, 11) is 0. The summed E-state index contributed by atoms with van der Waals surface area (Å²) in [6.45, 7) is 2.32. The maximum absolute atomic E-state index is 12.8. The fourth-order valence-corrected chi connectivity index (χ4v) is 2.04. The predicted molar refractivity (Wildman–Crippen MR) is 44.7 cm³/mol. The number of nitrogens with zero attached hydrogens (tertiary/aromatic N) is 1. The minimum absolute atomic E-state index is 0.0127. The molecule has 0 bridgehead atoms. The summed E-state index contributed by atoms with van der Waals surface area (Å²) in [5, 5.41) is 0. The summed E-state index contributed by atoms with van der Waals surface area (Å²) in [5.74, 6) is 0. The zero-order valence-corrected chi connectivity index (χ0v) is 7.64. The van der Waals surface area contributed by atoms with Gasteiger partial charge in [-0.15, -0.1) is 0 Å². The van der Waals surface area contributed by atoms with Gasteiger partial charge in [-0.05, 0) is 23.8 Å². The van der Waals surface area contributed by atoms with Crippen LogP contribution in [0.3, 0.4) is 0 Å². The molecule has 0 aromatic carbocycles. The molecule has 0 radical (unpaired) electrons. The quantitative estimate of drug-likeness (QED) is 0.670. The molecule has 1 heterocycles. The first-order chi connectivity index (χ1) is 6.24. The average Bonchev–Trinajstić information content (AvgIpc) is 2.70. The lowest BCUT2D eigenvalue weighted by molar-refractivity contribution is -0.151. The molecule has 0 aromatic rings. The number of alkyl halides is 1. The van der Waals surface area contributed by atoms with Crippen molar-refractivity contribution in [1.82, 2.24) is 4.90 Å². The van der Waals surface area contributed by atoms with Crippen LogP contribution in [0, 0.1) is 5.41 Å². The second-order valence-corrected chi connectivity index (χ2v) is 4.37. The zero-order valence-electron chi connectivity index (χ0n) is 7.64. The molecule has 1 saturated carbocycles. The molecule has 0 spiro atoms. The van der Waals surface area contributed by atoms with Crippen LogP contribution in [-0.2, 0) is 4.94 Å². The van der Waals surface area contributed by atoms with Crippen molar-refractivity contribution >= 4 is 0 Å². The molecule has 2 fully saturated rings. The van der Waals surface area contributed by atoms with E-state index < -0.39 is 6.17 Å². The highest BCUT2D eigenvalue weighted by Crippen LogP contribution is 2.47. The Morgan fingerprint density at radius 2 is 2.23 bits per heavy atom. The molecule has 0 aromatic heterocycles. The van der Waals surface area contributed by atoms with Crippen LogP contribution in [0.15, 0.2) is 0 Å². The Balaban J connectivity index is 1.77. The topological polar surface area (TPSA) is 12.5 Å². The van der Waals surface area contributed by atoms with E-state index in [4.69, 9.17) is 0 Å². The molecule has 1 atom stereocenters. The average molecular weight is 191 g/mol. The van der Waals surface area contributed by atoms with Gasteiger partial charge < -0.3 is 0 Å². The van der Waals surface area contributed by atoms with Crippen molar-refractivity contribution in [3.05, 3.63) is 0 Å². The Morgan fingerprint density at radius 3 is 2.69 bits per heavy atom. The third-order valence-electron chi connectivity index (χ3n) is 3.09. The van der Waals surface area contributed by atoms with Gasteiger partial charge in [-0.3, -0.25) is 4.90 Å². The standard InChI is InChI=1S/C9H15F2NO/c10-8-1-4-12(5-8)6-9(2-3-9)7-13-11/h8H,1-7H2. The van der Waals surface area contributed by atoms with E-state index in [1.807, 2.05) is 0 Å². The second-order valence-electron chi connectivity index (χ2n) is 4.37. The van der Waals surface area contributed by atoms with E-state index in [1.54, 1.807) is 0 Å². The number of hydrogen-bond acceptors (Lipinski definition) is 2. The molecule has 2 aliphatic rings. The lowest BCUT2D eigenvalue weighted by Gasteiger charge is -2.20. The molecule has 76 valence electrons.